The Kier molecular flexibility index (Phi) is 62.4. The third kappa shape index (κ3) is 65.4. The van der Waals surface area contributed by atoms with Gasteiger partial charge in [0, 0.05) is 25.7 Å². The first kappa shape index (κ1) is 90.1. The van der Waals surface area contributed by atoms with E-state index in [-0.39, 0.29) is 25.7 Å². The number of hydrogen-bond donors (Lipinski definition) is 3. The topological polar surface area (TPSA) is 237 Å². The Bertz CT molecular complexity index is 1800. The van der Waals surface area contributed by atoms with Crippen LogP contribution in [0.2, 0.25) is 0 Å². The molecule has 92 heavy (non-hydrogen) atoms. The Morgan fingerprint density at radius 1 is 0.315 bits per heavy atom. The minimum atomic E-state index is -4.95. The Morgan fingerprint density at radius 3 is 0.826 bits per heavy atom. The van der Waals surface area contributed by atoms with Gasteiger partial charge in [0.25, 0.3) is 0 Å². The summed E-state index contributed by atoms with van der Waals surface area (Å²) in [4.78, 5) is 72.6. The number of aliphatic hydroxyl groups excluding tert-OH is 1. The van der Waals surface area contributed by atoms with E-state index in [1.165, 1.54) is 173 Å². The predicted molar refractivity (Wildman–Crippen MR) is 372 cm³/mol. The van der Waals surface area contributed by atoms with Crippen LogP contribution in [0.5, 0.6) is 0 Å². The molecule has 0 aromatic carbocycles. The van der Waals surface area contributed by atoms with Gasteiger partial charge in [-0.1, -0.05) is 318 Å². The van der Waals surface area contributed by atoms with Crippen LogP contribution in [0, 0.1) is 17.8 Å². The minimum Gasteiger partial charge on any atom is -0.462 e. The second-order valence-electron chi connectivity index (χ2n) is 27.5. The molecule has 0 spiro atoms. The third-order valence-corrected chi connectivity index (χ3v) is 19.1. The van der Waals surface area contributed by atoms with Gasteiger partial charge in [-0.2, -0.15) is 0 Å². The highest BCUT2D eigenvalue weighted by molar-refractivity contribution is 7.47. The summed E-state index contributed by atoms with van der Waals surface area (Å²) >= 11 is 0. The number of aliphatic hydroxyl groups is 1. The smallest absolute Gasteiger partial charge is 0.462 e. The Hall–Kier alpha value is -1.94. The molecule has 0 heterocycles. The molecular formula is C73H142O17P2. The van der Waals surface area contributed by atoms with Crippen LogP contribution in [0.1, 0.15) is 370 Å². The Morgan fingerprint density at radius 2 is 0.554 bits per heavy atom. The zero-order valence-electron chi connectivity index (χ0n) is 60.0. The van der Waals surface area contributed by atoms with Gasteiger partial charge in [0.15, 0.2) is 12.2 Å². The Balaban J connectivity index is 5.21. The van der Waals surface area contributed by atoms with E-state index in [9.17, 15) is 43.2 Å². The zero-order valence-corrected chi connectivity index (χ0v) is 61.8. The molecule has 0 aliphatic heterocycles. The van der Waals surface area contributed by atoms with Crippen molar-refractivity contribution in [3.63, 3.8) is 0 Å². The Labute approximate surface area is 562 Å². The molecule has 3 unspecified atom stereocenters. The van der Waals surface area contributed by atoms with Gasteiger partial charge >= 0.3 is 39.5 Å². The number of hydrogen-bond acceptors (Lipinski definition) is 15. The maximum atomic E-state index is 13.1. The molecule has 0 radical (unpaired) electrons. The fraction of sp³-hybridized carbons (Fsp3) is 0.945. The van der Waals surface area contributed by atoms with Gasteiger partial charge < -0.3 is 33.8 Å². The molecule has 0 saturated carbocycles. The van der Waals surface area contributed by atoms with Crippen molar-refractivity contribution in [2.75, 3.05) is 39.6 Å². The first-order valence-corrected chi connectivity index (χ1v) is 40.9. The number of unbranched alkanes of at least 4 members (excludes halogenated alkanes) is 38. The molecule has 0 bridgehead atoms. The van der Waals surface area contributed by atoms with Gasteiger partial charge in [0.05, 0.1) is 26.4 Å². The molecule has 6 atom stereocenters. The van der Waals surface area contributed by atoms with Crippen molar-refractivity contribution in [3.05, 3.63) is 0 Å². The van der Waals surface area contributed by atoms with Crippen LogP contribution >= 0.6 is 15.6 Å². The van der Waals surface area contributed by atoms with Crippen LogP contribution in [-0.2, 0) is 65.4 Å². The molecule has 0 amide bonds. The number of esters is 4. The largest absolute Gasteiger partial charge is 0.472 e. The van der Waals surface area contributed by atoms with Crippen molar-refractivity contribution < 1.29 is 80.2 Å². The van der Waals surface area contributed by atoms with E-state index >= 15 is 0 Å². The lowest BCUT2D eigenvalue weighted by molar-refractivity contribution is -0.161. The maximum absolute atomic E-state index is 13.1. The first-order valence-electron chi connectivity index (χ1n) is 37.9. The summed E-state index contributed by atoms with van der Waals surface area (Å²) in [5.74, 6) is 0.0825. The van der Waals surface area contributed by atoms with Crippen molar-refractivity contribution >= 4 is 39.5 Å². The van der Waals surface area contributed by atoms with Crippen LogP contribution in [0.15, 0.2) is 0 Å². The van der Waals surface area contributed by atoms with E-state index in [4.69, 9.17) is 37.0 Å². The zero-order chi connectivity index (χ0) is 68.0. The van der Waals surface area contributed by atoms with Crippen LogP contribution in [-0.4, -0.2) is 96.7 Å². The predicted octanol–water partition coefficient (Wildman–Crippen LogP) is 21.0. The van der Waals surface area contributed by atoms with Gasteiger partial charge in [-0.3, -0.25) is 37.3 Å². The second-order valence-corrected chi connectivity index (χ2v) is 30.4. The molecule has 0 fully saturated rings. The molecule has 546 valence electrons. The van der Waals surface area contributed by atoms with Crippen molar-refractivity contribution in [1.29, 1.82) is 0 Å². The van der Waals surface area contributed by atoms with Crippen molar-refractivity contribution in [1.82, 2.24) is 0 Å². The third-order valence-electron chi connectivity index (χ3n) is 17.2. The second kappa shape index (κ2) is 63.8. The van der Waals surface area contributed by atoms with Crippen molar-refractivity contribution in [2.24, 2.45) is 17.8 Å². The number of rotatable bonds is 71. The molecule has 0 rings (SSSR count). The highest BCUT2D eigenvalue weighted by Crippen LogP contribution is 2.45. The standard InChI is InChI=1S/C73H142O17P2/c1-8-10-11-12-13-14-15-16-22-25-28-31-40-47-54-70(75)83-60-68(89-72(77)56-49-42-32-29-26-23-20-18-17-19-21-24-27-30-37-44-51-64(3)4)62-87-91(79,80)85-58-67(74)59-86-92(81,82)88-63-69(61-84-71(76)55-48-41-35-33-38-45-52-65(5)6)90-73(78)57-50-43-36-34-39-46-53-66(7)9-2/h64-69,74H,8-63H2,1-7H3,(H,79,80)(H,81,82)/t66?,67-,68-,69-/m1/s1. The molecule has 0 aromatic heterocycles. The summed E-state index contributed by atoms with van der Waals surface area (Å²) in [7, 11) is -9.90. The van der Waals surface area contributed by atoms with E-state index in [0.717, 1.165) is 108 Å². The monoisotopic (exact) mass is 1350 g/mol. The van der Waals surface area contributed by atoms with E-state index in [0.29, 0.717) is 31.6 Å². The number of phosphoric ester groups is 2. The summed E-state index contributed by atoms with van der Waals surface area (Å²) in [5, 5.41) is 10.6. The number of carbonyl (C=O) groups excluding carboxylic acids is 4. The summed E-state index contributed by atoms with van der Waals surface area (Å²) in [6.07, 6.45) is 48.8. The molecule has 19 heteroatoms. The molecular weight excluding hydrogens is 1210 g/mol. The number of ether oxygens (including phenoxy) is 4. The van der Waals surface area contributed by atoms with Crippen LogP contribution in [0.4, 0.5) is 0 Å². The highest BCUT2D eigenvalue weighted by Gasteiger charge is 2.30. The van der Waals surface area contributed by atoms with E-state index in [1.807, 2.05) is 0 Å². The number of carbonyl (C=O) groups is 4. The lowest BCUT2D eigenvalue weighted by atomic mass is 10.00. The highest BCUT2D eigenvalue weighted by atomic mass is 31.2. The van der Waals surface area contributed by atoms with Gasteiger partial charge in [0.1, 0.15) is 19.3 Å². The number of phosphoric acid groups is 2. The average Bonchev–Trinajstić information content (AvgIpc) is 2.01. The van der Waals surface area contributed by atoms with Crippen LogP contribution < -0.4 is 0 Å². The minimum absolute atomic E-state index is 0.102. The molecule has 0 aliphatic carbocycles. The first-order chi connectivity index (χ1) is 44.3. The van der Waals surface area contributed by atoms with Crippen molar-refractivity contribution in [3.8, 4) is 0 Å². The maximum Gasteiger partial charge on any atom is 0.472 e. The molecule has 0 saturated heterocycles. The van der Waals surface area contributed by atoms with Gasteiger partial charge in [-0.15, -0.1) is 0 Å². The average molecular weight is 1350 g/mol. The van der Waals surface area contributed by atoms with Gasteiger partial charge in [0.2, 0.25) is 0 Å². The molecule has 17 nitrogen and oxygen atoms in total. The van der Waals surface area contributed by atoms with Crippen LogP contribution in [0.25, 0.3) is 0 Å². The fourth-order valence-corrected chi connectivity index (χ4v) is 12.6. The summed E-state index contributed by atoms with van der Waals surface area (Å²) in [6.45, 7) is 11.8. The molecule has 0 aliphatic rings. The van der Waals surface area contributed by atoms with E-state index < -0.39 is 97.5 Å². The lowest BCUT2D eigenvalue weighted by Gasteiger charge is -2.21. The van der Waals surface area contributed by atoms with Crippen molar-refractivity contribution in [2.45, 2.75) is 388 Å². The normalized spacial score (nSPS) is 14.4. The van der Waals surface area contributed by atoms with Crippen LogP contribution in [0.3, 0.4) is 0 Å². The van der Waals surface area contributed by atoms with E-state index in [2.05, 4.69) is 48.5 Å². The summed E-state index contributed by atoms with van der Waals surface area (Å²) in [6, 6.07) is 0. The molecule has 0 aromatic rings. The van der Waals surface area contributed by atoms with Gasteiger partial charge in [-0.05, 0) is 43.4 Å². The fourth-order valence-electron chi connectivity index (χ4n) is 11.0. The SMILES string of the molecule is CCCCCCCCCCCCCCCCC(=O)OC[C@H](COP(=O)(O)OC[C@@H](O)COP(=O)(O)OC[C@@H](COC(=O)CCCCCCCCC(C)C)OC(=O)CCCCCCCCC(C)CC)OC(=O)CCCCCCCCCCCCCCCCCCC(C)C. The summed E-state index contributed by atoms with van der Waals surface area (Å²) in [5.41, 5.74) is 0. The quantitative estimate of drug-likeness (QED) is 0.0222. The summed E-state index contributed by atoms with van der Waals surface area (Å²) < 4.78 is 68.3. The van der Waals surface area contributed by atoms with E-state index in [1.54, 1.807) is 0 Å². The molecule has 3 N–H and O–H groups in total. The van der Waals surface area contributed by atoms with Gasteiger partial charge in [-0.25, -0.2) is 9.13 Å². The lowest BCUT2D eigenvalue weighted by Crippen LogP contribution is -2.30.